The molecule has 162 valence electrons. The van der Waals surface area contributed by atoms with Crippen molar-refractivity contribution in [3.63, 3.8) is 0 Å². The van der Waals surface area contributed by atoms with Crippen LogP contribution in [0.3, 0.4) is 0 Å². The highest BCUT2D eigenvalue weighted by Gasteiger charge is 2.33. The summed E-state index contributed by atoms with van der Waals surface area (Å²) in [6.45, 7) is 2.19. The highest BCUT2D eigenvalue weighted by Crippen LogP contribution is 2.30. The van der Waals surface area contributed by atoms with Crippen molar-refractivity contribution in [2.45, 2.75) is 25.9 Å². The number of hydrogen-bond donors (Lipinski definition) is 1. The fourth-order valence-corrected chi connectivity index (χ4v) is 4.21. The van der Waals surface area contributed by atoms with Gasteiger partial charge in [0.25, 0.3) is 0 Å². The molecule has 0 fully saturated rings. The SMILES string of the molecule is Cc1cccc(N(C(=O)Cc2cccs2)[C@H](C(=O)NCc2ccco2)c2ccncc2)c1. The van der Waals surface area contributed by atoms with Crippen LogP contribution in [-0.2, 0) is 22.6 Å². The fourth-order valence-electron chi connectivity index (χ4n) is 3.51. The molecule has 7 heteroatoms. The molecule has 0 aliphatic rings. The quantitative estimate of drug-likeness (QED) is 0.427. The van der Waals surface area contributed by atoms with Crippen LogP contribution in [0, 0.1) is 6.92 Å². The molecule has 0 saturated heterocycles. The van der Waals surface area contributed by atoms with Crippen LogP contribution in [0.4, 0.5) is 5.69 Å². The topological polar surface area (TPSA) is 75.4 Å². The average molecular weight is 446 g/mol. The Morgan fingerprint density at radius 1 is 1.09 bits per heavy atom. The molecule has 0 aliphatic heterocycles. The second kappa shape index (κ2) is 10.1. The van der Waals surface area contributed by atoms with Gasteiger partial charge in [0.1, 0.15) is 11.8 Å². The third kappa shape index (κ3) is 5.12. The summed E-state index contributed by atoms with van der Waals surface area (Å²) in [5.41, 5.74) is 2.35. The van der Waals surface area contributed by atoms with Gasteiger partial charge in [-0.15, -0.1) is 11.3 Å². The lowest BCUT2D eigenvalue weighted by molar-refractivity contribution is -0.126. The second-order valence-electron chi connectivity index (χ2n) is 7.34. The molecule has 1 atom stereocenters. The number of thiophene rings is 1. The maximum atomic E-state index is 13.6. The van der Waals surface area contributed by atoms with Gasteiger partial charge in [0.05, 0.1) is 19.2 Å². The number of benzene rings is 1. The van der Waals surface area contributed by atoms with Crippen LogP contribution >= 0.6 is 11.3 Å². The Bertz CT molecular complexity index is 1160. The van der Waals surface area contributed by atoms with E-state index in [1.165, 1.54) is 11.3 Å². The number of hydrogen-bond acceptors (Lipinski definition) is 5. The Kier molecular flexibility index (Phi) is 6.77. The summed E-state index contributed by atoms with van der Waals surface area (Å²) in [5.74, 6) is 0.181. The number of nitrogens with one attached hydrogen (secondary N) is 1. The number of furan rings is 1. The summed E-state index contributed by atoms with van der Waals surface area (Å²) >= 11 is 1.52. The molecule has 0 saturated carbocycles. The smallest absolute Gasteiger partial charge is 0.248 e. The minimum atomic E-state index is -0.859. The third-order valence-corrected chi connectivity index (χ3v) is 5.88. The number of aromatic nitrogens is 1. The first-order valence-corrected chi connectivity index (χ1v) is 11.1. The minimum absolute atomic E-state index is 0.159. The van der Waals surface area contributed by atoms with Gasteiger partial charge in [-0.1, -0.05) is 18.2 Å². The van der Waals surface area contributed by atoms with E-state index in [0.29, 0.717) is 17.0 Å². The van der Waals surface area contributed by atoms with E-state index in [1.807, 2.05) is 48.7 Å². The molecule has 4 rings (SSSR count). The van der Waals surface area contributed by atoms with E-state index in [1.54, 1.807) is 47.8 Å². The number of pyridine rings is 1. The molecular formula is C25H23N3O3S. The number of carbonyl (C=O) groups excluding carboxylic acids is 2. The molecular weight excluding hydrogens is 422 g/mol. The zero-order valence-corrected chi connectivity index (χ0v) is 18.4. The van der Waals surface area contributed by atoms with E-state index < -0.39 is 6.04 Å². The third-order valence-electron chi connectivity index (χ3n) is 5.00. The van der Waals surface area contributed by atoms with Gasteiger partial charge in [-0.25, -0.2) is 0 Å². The predicted molar refractivity (Wildman–Crippen MR) is 124 cm³/mol. The first-order chi connectivity index (χ1) is 15.6. The first-order valence-electron chi connectivity index (χ1n) is 10.2. The number of rotatable bonds is 8. The maximum Gasteiger partial charge on any atom is 0.248 e. The van der Waals surface area contributed by atoms with Crippen molar-refractivity contribution in [3.8, 4) is 0 Å². The molecule has 0 spiro atoms. The predicted octanol–water partition coefficient (Wildman–Crippen LogP) is 4.68. The molecule has 4 aromatic rings. The molecule has 32 heavy (non-hydrogen) atoms. The second-order valence-corrected chi connectivity index (χ2v) is 8.37. The van der Waals surface area contributed by atoms with Crippen LogP contribution < -0.4 is 10.2 Å². The van der Waals surface area contributed by atoms with Crippen molar-refractivity contribution in [1.29, 1.82) is 0 Å². The average Bonchev–Trinajstić information content (AvgIpc) is 3.50. The largest absolute Gasteiger partial charge is 0.467 e. The van der Waals surface area contributed by atoms with Gasteiger partial charge < -0.3 is 9.73 Å². The zero-order valence-electron chi connectivity index (χ0n) is 17.6. The van der Waals surface area contributed by atoms with Gasteiger partial charge in [0, 0.05) is 23.0 Å². The minimum Gasteiger partial charge on any atom is -0.467 e. The van der Waals surface area contributed by atoms with E-state index in [9.17, 15) is 9.59 Å². The van der Waals surface area contributed by atoms with Crippen molar-refractivity contribution >= 4 is 28.8 Å². The number of nitrogens with zero attached hydrogens (tertiary/aromatic N) is 2. The Balaban J connectivity index is 1.72. The van der Waals surface area contributed by atoms with Crippen LogP contribution in [0.2, 0.25) is 0 Å². The molecule has 1 aromatic carbocycles. The van der Waals surface area contributed by atoms with Crippen molar-refractivity contribution in [3.05, 3.63) is 106 Å². The molecule has 2 amide bonds. The summed E-state index contributed by atoms with van der Waals surface area (Å²) in [5, 5.41) is 4.86. The summed E-state index contributed by atoms with van der Waals surface area (Å²) in [6.07, 6.45) is 5.02. The monoisotopic (exact) mass is 445 g/mol. The lowest BCUT2D eigenvalue weighted by Gasteiger charge is -2.31. The molecule has 0 unspecified atom stereocenters. The van der Waals surface area contributed by atoms with Gasteiger partial charge in [-0.05, 0) is 65.9 Å². The summed E-state index contributed by atoms with van der Waals surface area (Å²) < 4.78 is 5.34. The Morgan fingerprint density at radius 3 is 2.62 bits per heavy atom. The number of carbonyl (C=O) groups is 2. The molecule has 0 bridgehead atoms. The van der Waals surface area contributed by atoms with Crippen molar-refractivity contribution in [2.75, 3.05) is 4.90 Å². The van der Waals surface area contributed by atoms with Gasteiger partial charge in [0.15, 0.2) is 0 Å². The molecule has 6 nitrogen and oxygen atoms in total. The number of amides is 2. The van der Waals surface area contributed by atoms with Crippen molar-refractivity contribution in [1.82, 2.24) is 10.3 Å². The lowest BCUT2D eigenvalue weighted by Crippen LogP contribution is -2.44. The summed E-state index contributed by atoms with van der Waals surface area (Å²) in [6, 6.07) is 17.7. The van der Waals surface area contributed by atoms with E-state index in [0.717, 1.165) is 10.4 Å². The number of anilines is 1. The Labute approximate surface area is 190 Å². The summed E-state index contributed by atoms with van der Waals surface area (Å²) in [4.78, 5) is 33.7. The first kappa shape index (κ1) is 21.5. The van der Waals surface area contributed by atoms with E-state index >= 15 is 0 Å². The van der Waals surface area contributed by atoms with Crippen molar-refractivity contribution in [2.24, 2.45) is 0 Å². The normalized spacial score (nSPS) is 11.7. The molecule has 3 aromatic heterocycles. The van der Waals surface area contributed by atoms with Crippen molar-refractivity contribution < 1.29 is 14.0 Å². The molecule has 3 heterocycles. The highest BCUT2D eigenvalue weighted by atomic mass is 32.1. The summed E-state index contributed by atoms with van der Waals surface area (Å²) in [7, 11) is 0. The maximum absolute atomic E-state index is 13.6. The lowest BCUT2D eigenvalue weighted by atomic mass is 10.0. The fraction of sp³-hybridized carbons (Fsp3) is 0.160. The van der Waals surface area contributed by atoms with Gasteiger partial charge in [0.2, 0.25) is 11.8 Å². The molecule has 0 radical (unpaired) electrons. The highest BCUT2D eigenvalue weighted by molar-refractivity contribution is 7.10. The van der Waals surface area contributed by atoms with Crippen LogP contribution in [0.25, 0.3) is 0 Å². The van der Waals surface area contributed by atoms with Gasteiger partial charge in [-0.2, -0.15) is 0 Å². The molecule has 1 N–H and O–H groups in total. The van der Waals surface area contributed by atoms with Crippen LogP contribution in [-0.4, -0.2) is 16.8 Å². The van der Waals surface area contributed by atoms with Crippen LogP contribution in [0.5, 0.6) is 0 Å². The van der Waals surface area contributed by atoms with Crippen LogP contribution in [0.1, 0.15) is 27.8 Å². The van der Waals surface area contributed by atoms with Gasteiger partial charge >= 0.3 is 0 Å². The Hall–Kier alpha value is -3.71. The van der Waals surface area contributed by atoms with E-state index in [4.69, 9.17) is 4.42 Å². The van der Waals surface area contributed by atoms with Gasteiger partial charge in [-0.3, -0.25) is 19.5 Å². The van der Waals surface area contributed by atoms with Crippen LogP contribution in [0.15, 0.2) is 89.1 Å². The Morgan fingerprint density at radius 2 is 1.94 bits per heavy atom. The zero-order chi connectivity index (χ0) is 22.3. The van der Waals surface area contributed by atoms with E-state index in [-0.39, 0.29) is 24.8 Å². The number of aryl methyl sites for hydroxylation is 1. The molecule has 0 aliphatic carbocycles. The standard InChI is InChI=1S/C25H23N3O3S/c1-18-5-2-6-20(15-18)28(23(29)16-22-8-4-14-32-22)24(19-9-11-26-12-10-19)25(30)27-17-21-7-3-13-31-21/h2-15,24H,16-17H2,1H3,(H,27,30)/t24-/m0/s1. The van der Waals surface area contributed by atoms with E-state index in [2.05, 4.69) is 10.3 Å².